The molecular weight excluding hydrogens is 302 g/mol. The van der Waals surface area contributed by atoms with E-state index in [1.807, 2.05) is 32.9 Å². The summed E-state index contributed by atoms with van der Waals surface area (Å²) < 4.78 is 0. The molecule has 1 N–H and O–H groups in total. The number of aromatic nitrogens is 2. The zero-order chi connectivity index (χ0) is 16.4. The number of nitrogens with zero attached hydrogens (tertiary/aromatic N) is 3. The van der Waals surface area contributed by atoms with E-state index in [-0.39, 0.29) is 6.54 Å². The van der Waals surface area contributed by atoms with E-state index in [0.29, 0.717) is 16.8 Å². The normalized spacial score (nSPS) is 10.6. The molecule has 0 saturated heterocycles. The maximum atomic E-state index is 11.3. The second kappa shape index (κ2) is 6.32. The minimum absolute atomic E-state index is 0.197. The maximum Gasteiger partial charge on any atom is 0.323 e. The zero-order valence-electron chi connectivity index (χ0n) is 13.0. The molecule has 0 amide bonds. The minimum atomic E-state index is -0.938. The first-order chi connectivity index (χ1) is 10.3. The Morgan fingerprint density at radius 2 is 1.73 bits per heavy atom. The van der Waals surface area contributed by atoms with E-state index in [1.54, 1.807) is 17.9 Å². The first-order valence-corrected chi connectivity index (χ1v) is 7.24. The molecular formula is C16H18ClN3O2. The molecule has 2 aromatic rings. The number of benzene rings is 1. The van der Waals surface area contributed by atoms with Crippen LogP contribution in [0.5, 0.6) is 0 Å². The van der Waals surface area contributed by atoms with Crippen molar-refractivity contribution in [1.82, 2.24) is 9.97 Å². The molecule has 0 aliphatic carbocycles. The Morgan fingerprint density at radius 3 is 2.23 bits per heavy atom. The highest BCUT2D eigenvalue weighted by Crippen LogP contribution is 2.32. The highest BCUT2D eigenvalue weighted by molar-refractivity contribution is 6.29. The Hall–Kier alpha value is -2.14. The molecule has 1 aromatic heterocycles. The molecule has 0 saturated carbocycles. The molecule has 5 nitrogen and oxygen atoms in total. The van der Waals surface area contributed by atoms with Crippen molar-refractivity contribution in [2.45, 2.75) is 27.7 Å². The molecule has 22 heavy (non-hydrogen) atoms. The maximum absolute atomic E-state index is 11.3. The fourth-order valence-electron chi connectivity index (χ4n) is 2.66. The van der Waals surface area contributed by atoms with E-state index in [0.717, 1.165) is 22.4 Å². The summed E-state index contributed by atoms with van der Waals surface area (Å²) in [5, 5.41) is 9.56. The largest absolute Gasteiger partial charge is 0.480 e. The lowest BCUT2D eigenvalue weighted by molar-refractivity contribution is -0.135. The molecule has 0 bridgehead atoms. The highest BCUT2D eigenvalue weighted by Gasteiger charge is 2.19. The molecule has 0 fully saturated rings. The van der Waals surface area contributed by atoms with Gasteiger partial charge in [0, 0.05) is 11.8 Å². The number of rotatable bonds is 4. The van der Waals surface area contributed by atoms with Gasteiger partial charge in [-0.1, -0.05) is 29.3 Å². The Morgan fingerprint density at radius 1 is 1.14 bits per heavy atom. The van der Waals surface area contributed by atoms with Crippen molar-refractivity contribution < 1.29 is 9.90 Å². The molecule has 1 aromatic carbocycles. The summed E-state index contributed by atoms with van der Waals surface area (Å²) in [5.41, 5.74) is 3.95. The third-order valence-electron chi connectivity index (χ3n) is 3.27. The predicted octanol–water partition coefficient (Wildman–Crippen LogP) is 3.59. The molecule has 2 rings (SSSR count). The summed E-state index contributed by atoms with van der Waals surface area (Å²) >= 11 is 6.00. The van der Waals surface area contributed by atoms with Gasteiger partial charge in [0.05, 0.1) is 0 Å². The van der Waals surface area contributed by atoms with E-state index >= 15 is 0 Å². The minimum Gasteiger partial charge on any atom is -0.480 e. The van der Waals surface area contributed by atoms with Gasteiger partial charge in [0.15, 0.2) is 0 Å². The Labute approximate surface area is 134 Å². The summed E-state index contributed by atoms with van der Waals surface area (Å²) in [6.07, 6.45) is 0. The van der Waals surface area contributed by atoms with E-state index in [9.17, 15) is 9.90 Å². The van der Waals surface area contributed by atoms with E-state index in [1.165, 1.54) is 0 Å². The van der Waals surface area contributed by atoms with Gasteiger partial charge in [0.2, 0.25) is 0 Å². The van der Waals surface area contributed by atoms with Crippen molar-refractivity contribution in [3.63, 3.8) is 0 Å². The van der Waals surface area contributed by atoms with Crippen LogP contribution in [0.3, 0.4) is 0 Å². The Bertz CT molecular complexity index is 688. The first kappa shape index (κ1) is 16.2. The number of carboxylic acids is 1. The third-order valence-corrected chi connectivity index (χ3v) is 3.46. The van der Waals surface area contributed by atoms with Crippen LogP contribution in [-0.2, 0) is 4.79 Å². The monoisotopic (exact) mass is 319 g/mol. The average molecular weight is 320 g/mol. The van der Waals surface area contributed by atoms with Gasteiger partial charge in [-0.05, 0) is 38.8 Å². The standard InChI is InChI=1S/C16H18ClN3O2/c1-9-5-10(2)16(11(3)6-9)20(8-15(21)22)14-7-13(17)18-12(4)19-14/h5-7H,8H2,1-4H3,(H,21,22). The van der Waals surface area contributed by atoms with Crippen molar-refractivity contribution in [3.8, 4) is 0 Å². The molecule has 0 unspecified atom stereocenters. The third kappa shape index (κ3) is 3.54. The lowest BCUT2D eigenvalue weighted by Gasteiger charge is -2.26. The van der Waals surface area contributed by atoms with E-state index in [4.69, 9.17) is 11.6 Å². The van der Waals surface area contributed by atoms with Gasteiger partial charge in [-0.25, -0.2) is 9.97 Å². The molecule has 6 heteroatoms. The molecule has 1 heterocycles. The van der Waals surface area contributed by atoms with Gasteiger partial charge < -0.3 is 10.0 Å². The number of aryl methyl sites for hydroxylation is 4. The first-order valence-electron chi connectivity index (χ1n) is 6.86. The fourth-order valence-corrected chi connectivity index (χ4v) is 2.88. The van der Waals surface area contributed by atoms with Crippen molar-refractivity contribution in [2.24, 2.45) is 0 Å². The Kier molecular flexibility index (Phi) is 4.66. The van der Waals surface area contributed by atoms with Crippen LogP contribution in [0.4, 0.5) is 11.5 Å². The van der Waals surface area contributed by atoms with Gasteiger partial charge in [-0.3, -0.25) is 4.79 Å². The summed E-state index contributed by atoms with van der Waals surface area (Å²) in [6, 6.07) is 5.62. The predicted molar refractivity (Wildman–Crippen MR) is 87.1 cm³/mol. The van der Waals surface area contributed by atoms with Crippen LogP contribution in [0.1, 0.15) is 22.5 Å². The second-order valence-electron chi connectivity index (χ2n) is 5.32. The smallest absolute Gasteiger partial charge is 0.323 e. The van der Waals surface area contributed by atoms with Crippen molar-refractivity contribution in [2.75, 3.05) is 11.4 Å². The average Bonchev–Trinajstić information content (AvgIpc) is 2.34. The van der Waals surface area contributed by atoms with E-state index in [2.05, 4.69) is 9.97 Å². The lowest BCUT2D eigenvalue weighted by Crippen LogP contribution is -2.27. The number of carbonyl (C=O) groups is 1. The molecule has 0 aliphatic heterocycles. The molecule has 116 valence electrons. The summed E-state index contributed by atoms with van der Waals surface area (Å²) in [4.78, 5) is 21.3. The number of halogens is 1. The van der Waals surface area contributed by atoms with Crippen LogP contribution in [0, 0.1) is 27.7 Å². The van der Waals surface area contributed by atoms with Crippen LogP contribution in [0.2, 0.25) is 5.15 Å². The van der Waals surface area contributed by atoms with Crippen LogP contribution >= 0.6 is 11.6 Å². The number of aliphatic carboxylic acids is 1. The summed E-state index contributed by atoms with van der Waals surface area (Å²) in [5.74, 6) is 0.0435. The van der Waals surface area contributed by atoms with Gasteiger partial charge in [-0.2, -0.15) is 0 Å². The van der Waals surface area contributed by atoms with Gasteiger partial charge in [-0.15, -0.1) is 0 Å². The molecule has 0 aliphatic rings. The Balaban J connectivity index is 2.63. The van der Waals surface area contributed by atoms with Crippen molar-refractivity contribution in [3.05, 3.63) is 45.9 Å². The number of hydrogen-bond donors (Lipinski definition) is 1. The number of carboxylic acid groups (broad SMARTS) is 1. The molecule has 0 radical (unpaired) electrons. The van der Waals surface area contributed by atoms with E-state index < -0.39 is 5.97 Å². The number of hydrogen-bond acceptors (Lipinski definition) is 4. The molecule has 0 spiro atoms. The van der Waals surface area contributed by atoms with Crippen molar-refractivity contribution in [1.29, 1.82) is 0 Å². The summed E-state index contributed by atoms with van der Waals surface area (Å²) in [7, 11) is 0. The SMILES string of the molecule is Cc1cc(C)c(N(CC(=O)O)c2cc(Cl)nc(C)n2)c(C)c1. The fraction of sp³-hybridized carbons (Fsp3) is 0.312. The van der Waals surface area contributed by atoms with Crippen molar-refractivity contribution >= 4 is 29.1 Å². The van der Waals surface area contributed by atoms with Gasteiger partial charge in [0.25, 0.3) is 0 Å². The topological polar surface area (TPSA) is 66.3 Å². The molecule has 0 atom stereocenters. The van der Waals surface area contributed by atoms with Crippen LogP contribution in [0.15, 0.2) is 18.2 Å². The van der Waals surface area contributed by atoms with Gasteiger partial charge in [0.1, 0.15) is 23.3 Å². The highest BCUT2D eigenvalue weighted by atomic mass is 35.5. The van der Waals surface area contributed by atoms with Crippen LogP contribution in [-0.4, -0.2) is 27.6 Å². The lowest BCUT2D eigenvalue weighted by atomic mass is 10.0. The van der Waals surface area contributed by atoms with Crippen LogP contribution in [0.25, 0.3) is 0 Å². The second-order valence-corrected chi connectivity index (χ2v) is 5.71. The van der Waals surface area contributed by atoms with Gasteiger partial charge >= 0.3 is 5.97 Å². The zero-order valence-corrected chi connectivity index (χ0v) is 13.8. The number of anilines is 2. The van der Waals surface area contributed by atoms with Crippen LogP contribution < -0.4 is 4.90 Å². The summed E-state index contributed by atoms with van der Waals surface area (Å²) in [6.45, 7) is 7.46. The quantitative estimate of drug-likeness (QED) is 0.872.